The van der Waals surface area contributed by atoms with Gasteiger partial charge in [-0.3, -0.25) is 4.79 Å². The molecule has 0 bridgehead atoms. The maximum absolute atomic E-state index is 10.6. The lowest BCUT2D eigenvalue weighted by Gasteiger charge is -2.24. The molecule has 0 saturated heterocycles. The van der Waals surface area contributed by atoms with Crippen molar-refractivity contribution in [1.82, 2.24) is 0 Å². The van der Waals surface area contributed by atoms with Gasteiger partial charge in [0.15, 0.2) is 0 Å². The normalized spacial score (nSPS) is 36.9. The molecule has 0 radical (unpaired) electrons. The first-order chi connectivity index (χ1) is 6.38. The fourth-order valence-corrected chi connectivity index (χ4v) is 1.43. The Morgan fingerprint density at radius 1 is 1.55 bits per heavy atom. The minimum atomic E-state index is -2.36. The van der Waals surface area contributed by atoms with Crippen LogP contribution in [0, 0.1) is 5.92 Å². The van der Waals surface area contributed by atoms with Gasteiger partial charge in [-0.1, -0.05) is 0 Å². The zero-order valence-electron chi connectivity index (χ0n) is 9.25. The van der Waals surface area contributed by atoms with Crippen LogP contribution in [0.5, 0.6) is 0 Å². The molecule has 3 nitrogen and oxygen atoms in total. The molecule has 1 N–H and O–H groups in total. The van der Waals surface area contributed by atoms with E-state index in [9.17, 15) is 4.79 Å². The number of rotatable bonds is 2. The fourth-order valence-electron chi connectivity index (χ4n) is 1.43. The van der Waals surface area contributed by atoms with Gasteiger partial charge >= 0.3 is 5.97 Å². The molecule has 1 fully saturated rings. The van der Waals surface area contributed by atoms with E-state index in [1.165, 1.54) is 0 Å². The van der Waals surface area contributed by atoms with Crippen LogP contribution in [-0.2, 0) is 9.53 Å². The standard InChI is InChI=1S/C8H14O3/c1-11-7-4-2-6(3-5-7)8(9)10/h6-7H,2-5H2,1H3,(H,9,10)/i1D3. The van der Waals surface area contributed by atoms with Gasteiger partial charge in [-0.15, -0.1) is 0 Å². The molecule has 1 saturated carbocycles. The molecule has 64 valence electrons. The molecule has 0 aliphatic heterocycles. The van der Waals surface area contributed by atoms with E-state index in [0.29, 0.717) is 25.7 Å². The van der Waals surface area contributed by atoms with Gasteiger partial charge in [0, 0.05) is 7.04 Å². The molecule has 1 aliphatic carbocycles. The van der Waals surface area contributed by atoms with Crippen molar-refractivity contribution in [1.29, 1.82) is 0 Å². The van der Waals surface area contributed by atoms with Crippen molar-refractivity contribution in [2.24, 2.45) is 5.92 Å². The highest BCUT2D eigenvalue weighted by Gasteiger charge is 2.25. The van der Waals surface area contributed by atoms with Gasteiger partial charge in [-0.05, 0) is 25.7 Å². The molecule has 1 aliphatic rings. The van der Waals surface area contributed by atoms with Gasteiger partial charge in [0.1, 0.15) is 0 Å². The zero-order chi connectivity index (χ0) is 10.8. The summed E-state index contributed by atoms with van der Waals surface area (Å²) < 4.78 is 25.5. The number of carboxylic acids is 1. The monoisotopic (exact) mass is 161 g/mol. The second-order valence-electron chi connectivity index (χ2n) is 2.93. The predicted molar refractivity (Wildman–Crippen MR) is 40.4 cm³/mol. The van der Waals surface area contributed by atoms with Crippen molar-refractivity contribution in [2.45, 2.75) is 31.8 Å². The van der Waals surface area contributed by atoms with Crippen LogP contribution in [0.2, 0.25) is 0 Å². The third kappa shape index (κ3) is 2.19. The zero-order valence-corrected chi connectivity index (χ0v) is 6.25. The Morgan fingerprint density at radius 3 is 2.64 bits per heavy atom. The third-order valence-corrected chi connectivity index (χ3v) is 2.19. The Balaban J connectivity index is 2.33. The van der Waals surface area contributed by atoms with E-state index < -0.39 is 13.0 Å². The van der Waals surface area contributed by atoms with E-state index in [-0.39, 0.29) is 12.0 Å². The highest BCUT2D eigenvalue weighted by molar-refractivity contribution is 5.69. The number of carboxylic acid groups (broad SMARTS) is 1. The summed E-state index contributed by atoms with van der Waals surface area (Å²) in [5.41, 5.74) is 0. The van der Waals surface area contributed by atoms with Gasteiger partial charge in [0.25, 0.3) is 0 Å². The quantitative estimate of drug-likeness (QED) is 0.663. The van der Waals surface area contributed by atoms with Crippen LogP contribution in [0.4, 0.5) is 0 Å². The summed E-state index contributed by atoms with van der Waals surface area (Å²) in [5.74, 6) is -1.12. The highest BCUT2D eigenvalue weighted by Crippen LogP contribution is 2.25. The Labute approximate surface area is 70.6 Å². The summed E-state index contributed by atoms with van der Waals surface area (Å²) in [6.45, 7) is 0. The summed E-state index contributed by atoms with van der Waals surface area (Å²) in [4.78, 5) is 10.6. The first-order valence-electron chi connectivity index (χ1n) is 5.29. The lowest BCUT2D eigenvalue weighted by atomic mass is 9.87. The minimum absolute atomic E-state index is 0.307. The van der Waals surface area contributed by atoms with Crippen LogP contribution >= 0.6 is 0 Å². The second-order valence-corrected chi connectivity index (χ2v) is 2.93. The van der Waals surface area contributed by atoms with E-state index >= 15 is 0 Å². The van der Waals surface area contributed by atoms with Gasteiger partial charge < -0.3 is 9.84 Å². The van der Waals surface area contributed by atoms with Crippen molar-refractivity contribution in [2.75, 3.05) is 7.04 Å². The molecule has 0 unspecified atom stereocenters. The van der Waals surface area contributed by atoms with Crippen LogP contribution < -0.4 is 0 Å². The molecule has 11 heavy (non-hydrogen) atoms. The number of methoxy groups -OCH3 is 1. The molecule has 1 rings (SSSR count). The molecular weight excluding hydrogens is 144 g/mol. The fraction of sp³-hybridized carbons (Fsp3) is 0.875. The molecular formula is C8H14O3. The summed E-state index contributed by atoms with van der Waals surface area (Å²) in [7, 11) is -2.36. The first kappa shape index (κ1) is 5.14. The predicted octanol–water partition coefficient (Wildman–Crippen LogP) is 1.28. The maximum atomic E-state index is 10.6. The number of ether oxygens (including phenoxy) is 1. The van der Waals surface area contributed by atoms with Crippen molar-refractivity contribution < 1.29 is 18.8 Å². The molecule has 0 aromatic heterocycles. The van der Waals surface area contributed by atoms with E-state index in [0.717, 1.165) is 0 Å². The summed E-state index contributed by atoms with van der Waals surface area (Å²) in [6.07, 6.45) is 1.76. The highest BCUT2D eigenvalue weighted by atomic mass is 16.5. The van der Waals surface area contributed by atoms with E-state index in [4.69, 9.17) is 14.0 Å². The number of hydrogen-bond donors (Lipinski definition) is 1. The van der Waals surface area contributed by atoms with Gasteiger partial charge in [-0.25, -0.2) is 0 Å². The molecule has 0 atom stereocenters. The van der Waals surface area contributed by atoms with E-state index in [2.05, 4.69) is 0 Å². The molecule has 0 aromatic carbocycles. The largest absolute Gasteiger partial charge is 0.481 e. The lowest BCUT2D eigenvalue weighted by Crippen LogP contribution is -2.25. The Hall–Kier alpha value is -0.570. The average molecular weight is 161 g/mol. The maximum Gasteiger partial charge on any atom is 0.306 e. The summed E-state index contributed by atoms with van der Waals surface area (Å²) in [6, 6.07) is 0. The number of hydrogen-bond acceptors (Lipinski definition) is 2. The molecule has 0 aromatic rings. The van der Waals surface area contributed by atoms with Crippen molar-refractivity contribution >= 4 is 5.97 Å². The van der Waals surface area contributed by atoms with Crippen LogP contribution in [-0.4, -0.2) is 24.2 Å². The SMILES string of the molecule is [2H]C([2H])([2H])OC1CCC(C(=O)O)CC1. The van der Waals surface area contributed by atoms with E-state index in [1.807, 2.05) is 0 Å². The van der Waals surface area contributed by atoms with E-state index in [1.54, 1.807) is 0 Å². The average Bonchev–Trinajstić information content (AvgIpc) is 2.02. The van der Waals surface area contributed by atoms with Crippen LogP contribution in [0.15, 0.2) is 0 Å². The van der Waals surface area contributed by atoms with Crippen molar-refractivity contribution in [3.05, 3.63) is 0 Å². The lowest BCUT2D eigenvalue weighted by molar-refractivity contribution is -0.143. The molecule has 0 heterocycles. The first-order valence-corrected chi connectivity index (χ1v) is 3.79. The Bertz CT molecular complexity index is 206. The van der Waals surface area contributed by atoms with Crippen molar-refractivity contribution in [3.63, 3.8) is 0 Å². The third-order valence-electron chi connectivity index (χ3n) is 2.19. The second kappa shape index (κ2) is 3.72. The smallest absolute Gasteiger partial charge is 0.306 e. The summed E-state index contributed by atoms with van der Waals surface area (Å²) in [5, 5.41) is 8.71. The molecule has 0 amide bonds. The number of aliphatic carboxylic acids is 1. The topological polar surface area (TPSA) is 46.5 Å². The molecule has 3 heteroatoms. The van der Waals surface area contributed by atoms with Crippen LogP contribution in [0.1, 0.15) is 29.8 Å². The summed E-state index contributed by atoms with van der Waals surface area (Å²) >= 11 is 0. The van der Waals surface area contributed by atoms with Gasteiger partial charge in [0.2, 0.25) is 0 Å². The minimum Gasteiger partial charge on any atom is -0.481 e. The van der Waals surface area contributed by atoms with Crippen LogP contribution in [0.3, 0.4) is 0 Å². The molecule has 0 spiro atoms. The Kier molecular flexibility index (Phi) is 1.74. The Morgan fingerprint density at radius 2 is 2.18 bits per heavy atom. The number of carbonyl (C=O) groups is 1. The van der Waals surface area contributed by atoms with Crippen molar-refractivity contribution in [3.8, 4) is 0 Å². The van der Waals surface area contributed by atoms with Gasteiger partial charge in [0.05, 0.1) is 16.1 Å². The van der Waals surface area contributed by atoms with Crippen LogP contribution in [0.25, 0.3) is 0 Å². The van der Waals surface area contributed by atoms with Gasteiger partial charge in [-0.2, -0.15) is 0 Å².